The number of carbonyl (C=O) groups is 3. The molecule has 7 nitrogen and oxygen atoms in total. The van der Waals surface area contributed by atoms with Gasteiger partial charge < -0.3 is 15.7 Å². The van der Waals surface area contributed by atoms with Gasteiger partial charge in [0.25, 0.3) is 0 Å². The molecule has 0 spiro atoms. The average Bonchev–Trinajstić information content (AvgIpc) is 2.60. The van der Waals surface area contributed by atoms with E-state index in [2.05, 4.69) is 16.0 Å². The zero-order valence-electron chi connectivity index (χ0n) is 17.4. The van der Waals surface area contributed by atoms with Crippen LogP contribution >= 0.6 is 0 Å². The first-order valence-electron chi connectivity index (χ1n) is 9.75. The minimum absolute atomic E-state index is 0.186. The van der Waals surface area contributed by atoms with Crippen molar-refractivity contribution in [1.82, 2.24) is 10.6 Å². The zero-order valence-corrected chi connectivity index (χ0v) is 17.4. The standard InChI is InChI=1S/C21H33N3O4/c1-13(2)11-17(22-15(5)21(27)28)20(26)24-18(12-14(3)4)19(25)23-16-9-7-6-8-10-16/h6-10,13-15,17-18,22H,11-12H2,1-5H3,(H,23,25)(H,24,26)(H,27,28)/t15?,17-,18-/m0/s1. The molecule has 28 heavy (non-hydrogen) atoms. The predicted octanol–water partition coefficient (Wildman–Crippen LogP) is 2.63. The highest BCUT2D eigenvalue weighted by atomic mass is 16.4. The van der Waals surface area contributed by atoms with E-state index in [9.17, 15) is 14.4 Å². The first-order valence-corrected chi connectivity index (χ1v) is 9.75. The van der Waals surface area contributed by atoms with Crippen molar-refractivity contribution in [3.05, 3.63) is 30.3 Å². The molecule has 0 radical (unpaired) electrons. The summed E-state index contributed by atoms with van der Waals surface area (Å²) in [5, 5.41) is 17.6. The fraction of sp³-hybridized carbons (Fsp3) is 0.571. The van der Waals surface area contributed by atoms with Gasteiger partial charge in [0.05, 0.1) is 6.04 Å². The molecule has 0 fully saturated rings. The van der Waals surface area contributed by atoms with Gasteiger partial charge in [0.2, 0.25) is 11.8 Å². The zero-order chi connectivity index (χ0) is 21.3. The summed E-state index contributed by atoms with van der Waals surface area (Å²) >= 11 is 0. The van der Waals surface area contributed by atoms with E-state index in [1.165, 1.54) is 6.92 Å². The molecular weight excluding hydrogens is 358 g/mol. The summed E-state index contributed by atoms with van der Waals surface area (Å²) < 4.78 is 0. The summed E-state index contributed by atoms with van der Waals surface area (Å²) in [5.41, 5.74) is 0.659. The van der Waals surface area contributed by atoms with Gasteiger partial charge in [-0.2, -0.15) is 0 Å². The third-order valence-electron chi connectivity index (χ3n) is 4.23. The van der Waals surface area contributed by atoms with E-state index in [0.29, 0.717) is 18.5 Å². The number of benzene rings is 1. The number of hydrogen-bond donors (Lipinski definition) is 4. The minimum Gasteiger partial charge on any atom is -0.480 e. The van der Waals surface area contributed by atoms with Crippen molar-refractivity contribution in [3.8, 4) is 0 Å². The van der Waals surface area contributed by atoms with Crippen LogP contribution < -0.4 is 16.0 Å². The predicted molar refractivity (Wildman–Crippen MR) is 110 cm³/mol. The van der Waals surface area contributed by atoms with Crippen LogP contribution in [0.15, 0.2) is 30.3 Å². The van der Waals surface area contributed by atoms with Crippen LogP contribution in [0.4, 0.5) is 5.69 Å². The number of carboxylic acid groups (broad SMARTS) is 1. The van der Waals surface area contributed by atoms with Gasteiger partial charge in [0, 0.05) is 5.69 Å². The third kappa shape index (κ3) is 8.52. The second-order valence-corrected chi connectivity index (χ2v) is 7.95. The van der Waals surface area contributed by atoms with Crippen molar-refractivity contribution in [3.63, 3.8) is 0 Å². The number of hydrogen-bond acceptors (Lipinski definition) is 4. The molecule has 4 N–H and O–H groups in total. The Morgan fingerprint density at radius 1 is 0.857 bits per heavy atom. The highest BCUT2D eigenvalue weighted by Gasteiger charge is 2.28. The Balaban J connectivity index is 2.89. The molecular formula is C21H33N3O4. The number of carboxylic acids is 1. The van der Waals surface area contributed by atoms with Crippen LogP contribution in [0.1, 0.15) is 47.5 Å². The molecule has 1 aromatic rings. The summed E-state index contributed by atoms with van der Waals surface area (Å²) in [4.78, 5) is 36.7. The molecule has 0 saturated carbocycles. The van der Waals surface area contributed by atoms with Crippen molar-refractivity contribution in [2.24, 2.45) is 11.8 Å². The van der Waals surface area contributed by atoms with Crippen molar-refractivity contribution in [1.29, 1.82) is 0 Å². The van der Waals surface area contributed by atoms with Gasteiger partial charge >= 0.3 is 5.97 Å². The van der Waals surface area contributed by atoms with Crippen molar-refractivity contribution < 1.29 is 19.5 Å². The highest BCUT2D eigenvalue weighted by Crippen LogP contribution is 2.12. The second-order valence-electron chi connectivity index (χ2n) is 7.95. The average molecular weight is 392 g/mol. The fourth-order valence-electron chi connectivity index (χ4n) is 2.82. The number of rotatable bonds is 11. The van der Waals surface area contributed by atoms with Crippen LogP contribution in [-0.4, -0.2) is 41.0 Å². The van der Waals surface area contributed by atoms with Crippen molar-refractivity contribution >= 4 is 23.5 Å². The maximum absolute atomic E-state index is 12.8. The Morgan fingerprint density at radius 3 is 1.89 bits per heavy atom. The monoisotopic (exact) mass is 391 g/mol. The van der Waals surface area contributed by atoms with Gasteiger partial charge in [0.15, 0.2) is 0 Å². The van der Waals surface area contributed by atoms with Gasteiger partial charge in [-0.3, -0.25) is 19.7 Å². The van der Waals surface area contributed by atoms with E-state index in [-0.39, 0.29) is 23.7 Å². The summed E-state index contributed by atoms with van der Waals surface area (Å²) in [6.45, 7) is 9.37. The Labute approximate surface area is 167 Å². The van der Waals surface area contributed by atoms with Gasteiger partial charge in [-0.1, -0.05) is 45.9 Å². The molecule has 0 aliphatic heterocycles. The first-order chi connectivity index (χ1) is 13.1. The summed E-state index contributed by atoms with van der Waals surface area (Å²) in [6, 6.07) is 6.80. The SMILES string of the molecule is CC(C)C[C@H](NC(=O)[C@H](CC(C)C)NC(C)C(=O)O)C(=O)Nc1ccccc1. The lowest BCUT2D eigenvalue weighted by Gasteiger charge is -2.26. The Hall–Kier alpha value is -2.41. The Morgan fingerprint density at radius 2 is 1.39 bits per heavy atom. The molecule has 0 aromatic heterocycles. The molecule has 1 rings (SSSR count). The Bertz CT molecular complexity index is 646. The third-order valence-corrected chi connectivity index (χ3v) is 4.23. The quantitative estimate of drug-likeness (QED) is 0.464. The molecule has 3 atom stereocenters. The summed E-state index contributed by atoms with van der Waals surface area (Å²) in [7, 11) is 0. The van der Waals surface area contributed by atoms with E-state index in [1.54, 1.807) is 12.1 Å². The van der Waals surface area contributed by atoms with Crippen LogP contribution in [0, 0.1) is 11.8 Å². The van der Waals surface area contributed by atoms with Gasteiger partial charge in [-0.25, -0.2) is 0 Å². The van der Waals surface area contributed by atoms with E-state index >= 15 is 0 Å². The number of nitrogens with one attached hydrogen (secondary N) is 3. The largest absolute Gasteiger partial charge is 0.480 e. The summed E-state index contributed by atoms with van der Waals surface area (Å²) in [5.74, 6) is -1.30. The molecule has 0 aliphatic rings. The number of carbonyl (C=O) groups excluding carboxylic acids is 2. The van der Waals surface area contributed by atoms with Crippen molar-refractivity contribution in [2.75, 3.05) is 5.32 Å². The van der Waals surface area contributed by atoms with Crippen LogP contribution in [0.25, 0.3) is 0 Å². The topological polar surface area (TPSA) is 108 Å². The van der Waals surface area contributed by atoms with Gasteiger partial charge in [-0.15, -0.1) is 0 Å². The van der Waals surface area contributed by atoms with E-state index in [4.69, 9.17) is 5.11 Å². The molecule has 1 unspecified atom stereocenters. The van der Waals surface area contributed by atoms with Gasteiger partial charge in [0.1, 0.15) is 12.1 Å². The normalized spacial score (nSPS) is 14.4. The summed E-state index contributed by atoms with van der Waals surface area (Å²) in [6.07, 6.45) is 0.950. The number of aliphatic carboxylic acids is 1. The first kappa shape index (κ1) is 23.6. The number of para-hydroxylation sites is 1. The maximum Gasteiger partial charge on any atom is 0.320 e. The smallest absolute Gasteiger partial charge is 0.320 e. The molecule has 7 heteroatoms. The molecule has 0 bridgehead atoms. The van der Waals surface area contributed by atoms with Crippen LogP contribution in [-0.2, 0) is 14.4 Å². The molecule has 0 aliphatic carbocycles. The Kier molecular flexibility index (Phi) is 9.65. The van der Waals surface area contributed by atoms with Crippen molar-refractivity contribution in [2.45, 2.75) is 65.6 Å². The van der Waals surface area contributed by atoms with Crippen LogP contribution in [0.2, 0.25) is 0 Å². The molecule has 0 saturated heterocycles. The highest BCUT2D eigenvalue weighted by molar-refractivity contribution is 5.97. The van der Waals surface area contributed by atoms with E-state index in [0.717, 1.165) is 0 Å². The lowest BCUT2D eigenvalue weighted by molar-refractivity contribution is -0.139. The maximum atomic E-state index is 12.8. The minimum atomic E-state index is -1.03. The lowest BCUT2D eigenvalue weighted by Crippen LogP contribution is -2.54. The fourth-order valence-corrected chi connectivity index (χ4v) is 2.82. The molecule has 1 aromatic carbocycles. The molecule has 0 heterocycles. The van der Waals surface area contributed by atoms with Crippen LogP contribution in [0.3, 0.4) is 0 Å². The second kappa shape index (κ2) is 11.4. The lowest BCUT2D eigenvalue weighted by atomic mass is 9.99. The van der Waals surface area contributed by atoms with Gasteiger partial charge in [-0.05, 0) is 43.7 Å². The number of anilines is 1. The molecule has 156 valence electrons. The van der Waals surface area contributed by atoms with Crippen LogP contribution in [0.5, 0.6) is 0 Å². The molecule has 2 amide bonds. The van der Waals surface area contributed by atoms with E-state index < -0.39 is 24.1 Å². The van der Waals surface area contributed by atoms with E-state index in [1.807, 2.05) is 45.9 Å². The number of amides is 2.